The van der Waals surface area contributed by atoms with Crippen molar-refractivity contribution in [2.75, 3.05) is 25.3 Å². The summed E-state index contributed by atoms with van der Waals surface area (Å²) in [5.74, 6) is 0.898. The third-order valence-electron chi connectivity index (χ3n) is 3.44. The lowest BCUT2D eigenvalue weighted by Crippen LogP contribution is -2.15. The smallest absolute Gasteiger partial charge is 0.234 e. The van der Waals surface area contributed by atoms with Crippen LogP contribution in [0.4, 0.5) is 5.69 Å². The van der Waals surface area contributed by atoms with Gasteiger partial charge in [-0.3, -0.25) is 4.79 Å². The van der Waals surface area contributed by atoms with Crippen LogP contribution in [0.5, 0.6) is 11.5 Å². The minimum Gasteiger partial charge on any atom is -0.495 e. The molecule has 0 spiro atoms. The molecule has 0 radical (unpaired) electrons. The minimum absolute atomic E-state index is 0.182. The zero-order chi connectivity index (χ0) is 17.1. The molecule has 3 rings (SSSR count). The van der Waals surface area contributed by atoms with E-state index >= 15 is 0 Å². The zero-order valence-corrected chi connectivity index (χ0v) is 14.7. The van der Waals surface area contributed by atoms with E-state index in [9.17, 15) is 4.79 Å². The minimum atomic E-state index is -0.201. The standard InChI is InChI=1S/C14H16ClN5O3S/c1-22-11-6-10(12(23-2)5-9(11)15)16-13(21)7-24-14-17-18-19-20(14)8-3-4-8/h5-6,8H,3-4,7H2,1-2H3,(H,16,21). The van der Waals surface area contributed by atoms with Crippen LogP contribution in [0.15, 0.2) is 17.3 Å². The van der Waals surface area contributed by atoms with Gasteiger partial charge in [0.1, 0.15) is 11.5 Å². The molecule has 1 heterocycles. The predicted octanol–water partition coefficient (Wildman–Crippen LogP) is 2.41. The Morgan fingerprint density at radius 2 is 2.12 bits per heavy atom. The van der Waals surface area contributed by atoms with Crippen molar-refractivity contribution in [3.8, 4) is 11.5 Å². The van der Waals surface area contributed by atoms with Crippen LogP contribution in [0.1, 0.15) is 18.9 Å². The van der Waals surface area contributed by atoms with Crippen LogP contribution < -0.4 is 14.8 Å². The summed E-state index contributed by atoms with van der Waals surface area (Å²) >= 11 is 7.34. The molecule has 1 aliphatic carbocycles. The number of nitrogens with zero attached hydrogens (tertiary/aromatic N) is 4. The fourth-order valence-corrected chi connectivity index (χ4v) is 3.08. The molecule has 1 aliphatic rings. The number of methoxy groups -OCH3 is 2. The molecule has 1 N–H and O–H groups in total. The Bertz CT molecular complexity index is 750. The van der Waals surface area contributed by atoms with E-state index in [2.05, 4.69) is 20.8 Å². The van der Waals surface area contributed by atoms with E-state index in [-0.39, 0.29) is 11.7 Å². The summed E-state index contributed by atoms with van der Waals surface area (Å²) in [5.41, 5.74) is 0.492. The van der Waals surface area contributed by atoms with E-state index in [1.807, 2.05) is 0 Å². The first-order chi connectivity index (χ1) is 11.6. The predicted molar refractivity (Wildman–Crippen MR) is 90.0 cm³/mol. The first-order valence-electron chi connectivity index (χ1n) is 7.24. The Kier molecular flexibility index (Phi) is 5.10. The van der Waals surface area contributed by atoms with Crippen molar-refractivity contribution in [1.82, 2.24) is 20.2 Å². The number of anilines is 1. The maximum Gasteiger partial charge on any atom is 0.234 e. The number of carbonyl (C=O) groups is 1. The number of hydrogen-bond donors (Lipinski definition) is 1. The van der Waals surface area contributed by atoms with Crippen molar-refractivity contribution in [3.63, 3.8) is 0 Å². The van der Waals surface area contributed by atoms with Crippen LogP contribution >= 0.6 is 23.4 Å². The van der Waals surface area contributed by atoms with E-state index < -0.39 is 0 Å². The molecule has 0 unspecified atom stereocenters. The summed E-state index contributed by atoms with van der Waals surface area (Å²) in [5, 5.41) is 15.4. The van der Waals surface area contributed by atoms with Crippen molar-refractivity contribution in [1.29, 1.82) is 0 Å². The van der Waals surface area contributed by atoms with Crippen LogP contribution in [-0.2, 0) is 4.79 Å². The highest BCUT2D eigenvalue weighted by Gasteiger charge is 2.28. The van der Waals surface area contributed by atoms with E-state index in [1.165, 1.54) is 26.0 Å². The molecule has 128 valence electrons. The number of tetrazole rings is 1. The van der Waals surface area contributed by atoms with E-state index in [4.69, 9.17) is 21.1 Å². The molecule has 1 saturated carbocycles. The van der Waals surface area contributed by atoms with Crippen LogP contribution in [0.3, 0.4) is 0 Å². The van der Waals surface area contributed by atoms with Crippen molar-refractivity contribution >= 4 is 35.0 Å². The number of ether oxygens (including phenoxy) is 2. The summed E-state index contributed by atoms with van der Waals surface area (Å²) in [6.45, 7) is 0. The van der Waals surface area contributed by atoms with Gasteiger partial charge in [-0.25, -0.2) is 4.68 Å². The molecule has 0 saturated heterocycles. The largest absolute Gasteiger partial charge is 0.495 e. The molecule has 2 aromatic rings. The molecule has 10 heteroatoms. The van der Waals surface area contributed by atoms with Gasteiger partial charge in [-0.15, -0.1) is 5.10 Å². The summed E-state index contributed by atoms with van der Waals surface area (Å²) in [4.78, 5) is 12.2. The van der Waals surface area contributed by atoms with Crippen LogP contribution in [0.2, 0.25) is 5.02 Å². The number of halogens is 1. The van der Waals surface area contributed by atoms with Gasteiger partial charge in [0, 0.05) is 12.1 Å². The Labute approximate surface area is 147 Å². The van der Waals surface area contributed by atoms with Crippen molar-refractivity contribution in [3.05, 3.63) is 17.2 Å². The van der Waals surface area contributed by atoms with Crippen molar-refractivity contribution in [2.45, 2.75) is 24.0 Å². The Morgan fingerprint density at radius 1 is 1.38 bits per heavy atom. The average molecular weight is 370 g/mol. The summed E-state index contributed by atoms with van der Waals surface area (Å²) in [7, 11) is 3.01. The maximum atomic E-state index is 12.2. The van der Waals surface area contributed by atoms with Crippen LogP contribution in [0.25, 0.3) is 0 Å². The van der Waals surface area contributed by atoms with Gasteiger partial charge in [0.25, 0.3) is 0 Å². The first-order valence-corrected chi connectivity index (χ1v) is 8.60. The molecule has 8 nitrogen and oxygen atoms in total. The molecule has 0 aliphatic heterocycles. The second kappa shape index (κ2) is 7.27. The summed E-state index contributed by atoms with van der Waals surface area (Å²) in [6.07, 6.45) is 2.15. The lowest BCUT2D eigenvalue weighted by atomic mass is 10.2. The van der Waals surface area contributed by atoms with Crippen LogP contribution in [0, 0.1) is 0 Å². The van der Waals surface area contributed by atoms with E-state index in [0.717, 1.165) is 12.8 Å². The van der Waals surface area contributed by atoms with Gasteiger partial charge >= 0.3 is 0 Å². The number of aromatic nitrogens is 4. The number of amides is 1. The molecule has 1 aromatic heterocycles. The van der Waals surface area contributed by atoms with Gasteiger partial charge in [-0.2, -0.15) is 0 Å². The lowest BCUT2D eigenvalue weighted by Gasteiger charge is -2.13. The Hall–Kier alpha value is -2.00. The molecule has 24 heavy (non-hydrogen) atoms. The maximum absolute atomic E-state index is 12.2. The third-order valence-corrected chi connectivity index (χ3v) is 4.66. The monoisotopic (exact) mass is 369 g/mol. The first kappa shape index (κ1) is 16.8. The highest BCUT2D eigenvalue weighted by molar-refractivity contribution is 7.99. The fraction of sp³-hybridized carbons (Fsp3) is 0.429. The topological polar surface area (TPSA) is 91.2 Å². The Balaban J connectivity index is 1.65. The number of nitrogens with one attached hydrogen (secondary N) is 1. The molecule has 0 atom stereocenters. The second-order valence-electron chi connectivity index (χ2n) is 5.16. The fourth-order valence-electron chi connectivity index (χ4n) is 2.10. The molecule has 1 fully saturated rings. The summed E-state index contributed by atoms with van der Waals surface area (Å²) < 4.78 is 12.2. The van der Waals surface area contributed by atoms with Gasteiger partial charge in [-0.05, 0) is 23.3 Å². The number of benzene rings is 1. The highest BCUT2D eigenvalue weighted by atomic mass is 35.5. The van der Waals surface area contributed by atoms with Crippen molar-refractivity contribution < 1.29 is 14.3 Å². The third kappa shape index (κ3) is 3.73. The second-order valence-corrected chi connectivity index (χ2v) is 6.51. The van der Waals surface area contributed by atoms with Gasteiger partial charge < -0.3 is 14.8 Å². The number of carbonyl (C=O) groups excluding carboxylic acids is 1. The van der Waals surface area contributed by atoms with E-state index in [1.54, 1.807) is 16.8 Å². The number of thioether (sulfide) groups is 1. The molecule has 0 bridgehead atoms. The molecular formula is C14H16ClN5O3S. The molecule has 1 amide bonds. The lowest BCUT2D eigenvalue weighted by molar-refractivity contribution is -0.113. The SMILES string of the molecule is COc1cc(NC(=O)CSc2nnnn2C2CC2)c(OC)cc1Cl. The Morgan fingerprint density at radius 3 is 2.79 bits per heavy atom. The van der Waals surface area contributed by atoms with Crippen LogP contribution in [-0.4, -0.2) is 46.1 Å². The van der Waals surface area contributed by atoms with Gasteiger partial charge in [-0.1, -0.05) is 23.4 Å². The van der Waals surface area contributed by atoms with Gasteiger partial charge in [0.05, 0.1) is 36.7 Å². The zero-order valence-electron chi connectivity index (χ0n) is 13.2. The normalized spacial score (nSPS) is 13.6. The molecular weight excluding hydrogens is 354 g/mol. The van der Waals surface area contributed by atoms with Crippen molar-refractivity contribution in [2.24, 2.45) is 0 Å². The van der Waals surface area contributed by atoms with Gasteiger partial charge in [0.15, 0.2) is 0 Å². The van der Waals surface area contributed by atoms with E-state index in [0.29, 0.717) is 33.4 Å². The number of rotatable bonds is 7. The average Bonchev–Trinajstić information content (AvgIpc) is 3.32. The molecule has 1 aromatic carbocycles. The van der Waals surface area contributed by atoms with Gasteiger partial charge in [0.2, 0.25) is 11.1 Å². The summed E-state index contributed by atoms with van der Waals surface area (Å²) in [6, 6.07) is 3.58. The quantitative estimate of drug-likeness (QED) is 0.749. The number of hydrogen-bond acceptors (Lipinski definition) is 7. The highest BCUT2D eigenvalue weighted by Crippen LogP contribution is 2.37.